The lowest BCUT2D eigenvalue weighted by molar-refractivity contribution is -0.385. The molecule has 0 unspecified atom stereocenters. The zero-order chi connectivity index (χ0) is 15.4. The first-order chi connectivity index (χ1) is 9.99. The largest absolute Gasteiger partial charge is 0.365 e. The molecule has 1 amide bonds. The smallest absolute Gasteiger partial charge is 0.286 e. The van der Waals surface area contributed by atoms with Gasteiger partial charge in [-0.3, -0.25) is 19.7 Å². The van der Waals surface area contributed by atoms with Crippen molar-refractivity contribution in [3.8, 4) is 0 Å². The molecule has 2 rings (SSSR count). The van der Waals surface area contributed by atoms with Gasteiger partial charge in [0, 0.05) is 19.2 Å². The summed E-state index contributed by atoms with van der Waals surface area (Å²) in [6.07, 6.45) is 4.62. The van der Waals surface area contributed by atoms with E-state index in [0.717, 1.165) is 32.0 Å². The number of primary amides is 1. The van der Waals surface area contributed by atoms with Crippen LogP contribution in [0.1, 0.15) is 29.6 Å². The minimum Gasteiger partial charge on any atom is -0.365 e. The van der Waals surface area contributed by atoms with E-state index in [0.29, 0.717) is 13.1 Å². The summed E-state index contributed by atoms with van der Waals surface area (Å²) in [5, 5.41) is 10.9. The van der Waals surface area contributed by atoms with E-state index in [4.69, 9.17) is 5.73 Å². The molecular formula is C13H18N4O4. The zero-order valence-corrected chi connectivity index (χ0v) is 11.7. The molecule has 21 heavy (non-hydrogen) atoms. The second-order valence-corrected chi connectivity index (χ2v) is 5.13. The number of amides is 1. The Bertz CT molecular complexity index is 605. The van der Waals surface area contributed by atoms with E-state index in [2.05, 4.69) is 4.90 Å². The van der Waals surface area contributed by atoms with Crippen LogP contribution in [0.3, 0.4) is 0 Å². The van der Waals surface area contributed by atoms with Crippen LogP contribution in [0.5, 0.6) is 0 Å². The Morgan fingerprint density at radius 2 is 1.95 bits per heavy atom. The lowest BCUT2D eigenvalue weighted by Gasteiger charge is -2.26. The number of hydrogen-bond acceptors (Lipinski definition) is 5. The van der Waals surface area contributed by atoms with Crippen LogP contribution in [0.4, 0.5) is 5.69 Å². The van der Waals surface area contributed by atoms with Crippen molar-refractivity contribution >= 4 is 11.6 Å². The minimum atomic E-state index is -0.949. The topological polar surface area (TPSA) is 111 Å². The van der Waals surface area contributed by atoms with Crippen LogP contribution in [-0.4, -0.2) is 39.9 Å². The van der Waals surface area contributed by atoms with Gasteiger partial charge in [0.1, 0.15) is 5.56 Å². The highest BCUT2D eigenvalue weighted by molar-refractivity contribution is 5.92. The van der Waals surface area contributed by atoms with Crippen LogP contribution in [0.2, 0.25) is 0 Å². The number of hydrogen-bond donors (Lipinski definition) is 1. The lowest BCUT2D eigenvalue weighted by atomic mass is 10.1. The van der Waals surface area contributed by atoms with Crippen molar-refractivity contribution in [2.75, 3.05) is 19.6 Å². The summed E-state index contributed by atoms with van der Waals surface area (Å²) in [4.78, 5) is 35.8. The summed E-state index contributed by atoms with van der Waals surface area (Å²) < 4.78 is 1.20. The van der Waals surface area contributed by atoms with Gasteiger partial charge in [0.25, 0.3) is 17.2 Å². The van der Waals surface area contributed by atoms with E-state index < -0.39 is 16.4 Å². The molecule has 1 aliphatic rings. The van der Waals surface area contributed by atoms with Gasteiger partial charge in [-0.05, 0) is 25.9 Å². The second kappa shape index (κ2) is 6.49. The van der Waals surface area contributed by atoms with Crippen molar-refractivity contribution in [1.82, 2.24) is 9.47 Å². The summed E-state index contributed by atoms with van der Waals surface area (Å²) in [5.74, 6) is -0.949. The monoisotopic (exact) mass is 294 g/mol. The number of aromatic nitrogens is 1. The number of pyridine rings is 1. The average molecular weight is 294 g/mol. The third-order valence-corrected chi connectivity index (χ3v) is 3.65. The maximum Gasteiger partial charge on any atom is 0.286 e. The van der Waals surface area contributed by atoms with E-state index in [1.54, 1.807) is 0 Å². The maximum atomic E-state index is 12.1. The summed E-state index contributed by atoms with van der Waals surface area (Å²) in [7, 11) is 0. The van der Waals surface area contributed by atoms with Crippen molar-refractivity contribution in [2.45, 2.75) is 25.8 Å². The third-order valence-electron chi connectivity index (χ3n) is 3.65. The minimum absolute atomic E-state index is 0.304. The SMILES string of the molecule is NC(=O)c1cc([N+](=O)[O-])cn(CCN2CCCCC2)c1=O. The molecule has 1 aliphatic heterocycles. The van der Waals surface area contributed by atoms with Gasteiger partial charge in [0.15, 0.2) is 0 Å². The van der Waals surface area contributed by atoms with Crippen LogP contribution in [-0.2, 0) is 6.54 Å². The Balaban J connectivity index is 2.22. The summed E-state index contributed by atoms with van der Waals surface area (Å²) in [6, 6.07) is 0.933. The number of likely N-dealkylation sites (tertiary alicyclic amines) is 1. The molecule has 0 atom stereocenters. The lowest BCUT2D eigenvalue weighted by Crippen LogP contribution is -2.36. The van der Waals surface area contributed by atoms with Crippen LogP contribution in [0.15, 0.2) is 17.1 Å². The van der Waals surface area contributed by atoms with E-state index in [9.17, 15) is 19.7 Å². The molecule has 0 aliphatic carbocycles. The van der Waals surface area contributed by atoms with Crippen molar-refractivity contribution < 1.29 is 9.72 Å². The van der Waals surface area contributed by atoms with E-state index in [1.807, 2.05) is 0 Å². The Labute approximate surface area is 121 Å². The molecular weight excluding hydrogens is 276 g/mol. The number of carbonyl (C=O) groups excluding carboxylic acids is 1. The van der Waals surface area contributed by atoms with Gasteiger partial charge in [-0.1, -0.05) is 6.42 Å². The number of nitrogens with two attached hydrogens (primary N) is 1. The van der Waals surface area contributed by atoms with Gasteiger partial charge in [-0.25, -0.2) is 0 Å². The molecule has 0 saturated carbocycles. The molecule has 0 aromatic carbocycles. The number of nitro groups is 1. The van der Waals surface area contributed by atoms with Crippen molar-refractivity contribution in [3.05, 3.63) is 38.3 Å². The van der Waals surface area contributed by atoms with E-state index in [-0.39, 0.29) is 11.3 Å². The molecule has 8 nitrogen and oxygen atoms in total. The van der Waals surface area contributed by atoms with Gasteiger partial charge in [-0.15, -0.1) is 0 Å². The third kappa shape index (κ3) is 3.66. The second-order valence-electron chi connectivity index (χ2n) is 5.13. The summed E-state index contributed by atoms with van der Waals surface area (Å²) in [6.45, 7) is 2.86. The summed E-state index contributed by atoms with van der Waals surface area (Å²) >= 11 is 0. The van der Waals surface area contributed by atoms with Gasteiger partial charge in [0.05, 0.1) is 11.1 Å². The molecule has 1 fully saturated rings. The van der Waals surface area contributed by atoms with Gasteiger partial charge in [0.2, 0.25) is 0 Å². The van der Waals surface area contributed by atoms with Crippen LogP contribution in [0, 0.1) is 10.1 Å². The van der Waals surface area contributed by atoms with Gasteiger partial charge >= 0.3 is 0 Å². The average Bonchev–Trinajstić information content (AvgIpc) is 2.46. The molecule has 1 saturated heterocycles. The standard InChI is InChI=1S/C13H18N4O4/c14-12(18)11-8-10(17(20)21)9-16(13(11)19)7-6-15-4-2-1-3-5-15/h8-9H,1-7H2,(H2,14,18). The number of rotatable bonds is 5. The van der Waals surface area contributed by atoms with Gasteiger partial charge < -0.3 is 15.2 Å². The summed E-state index contributed by atoms with van der Waals surface area (Å²) in [5.41, 5.74) is 3.88. The number of nitrogens with zero attached hydrogens (tertiary/aromatic N) is 3. The van der Waals surface area contributed by atoms with Gasteiger partial charge in [-0.2, -0.15) is 0 Å². The highest BCUT2D eigenvalue weighted by Crippen LogP contribution is 2.11. The Hall–Kier alpha value is -2.22. The zero-order valence-electron chi connectivity index (χ0n) is 11.7. The predicted octanol–water partition coefficient (Wildman–Crippen LogP) is 0.341. The van der Waals surface area contributed by atoms with Crippen molar-refractivity contribution in [3.63, 3.8) is 0 Å². The van der Waals surface area contributed by atoms with Crippen LogP contribution < -0.4 is 11.3 Å². The first kappa shape index (κ1) is 15.2. The molecule has 0 radical (unpaired) electrons. The maximum absolute atomic E-state index is 12.1. The molecule has 1 aromatic heterocycles. The molecule has 0 bridgehead atoms. The molecule has 114 valence electrons. The first-order valence-electron chi connectivity index (χ1n) is 6.90. The Kier molecular flexibility index (Phi) is 4.69. The highest BCUT2D eigenvalue weighted by Gasteiger charge is 2.18. The fourth-order valence-electron chi connectivity index (χ4n) is 2.49. The van der Waals surface area contributed by atoms with Crippen LogP contribution >= 0.6 is 0 Å². The highest BCUT2D eigenvalue weighted by atomic mass is 16.6. The predicted molar refractivity (Wildman–Crippen MR) is 76.2 cm³/mol. The normalized spacial score (nSPS) is 15.8. The molecule has 8 heteroatoms. The molecule has 2 heterocycles. The Morgan fingerprint density at radius 1 is 1.29 bits per heavy atom. The fraction of sp³-hybridized carbons (Fsp3) is 0.538. The van der Waals surface area contributed by atoms with Crippen LogP contribution in [0.25, 0.3) is 0 Å². The van der Waals surface area contributed by atoms with Crippen molar-refractivity contribution in [1.29, 1.82) is 0 Å². The quantitative estimate of drug-likeness (QED) is 0.621. The molecule has 0 spiro atoms. The molecule has 1 aromatic rings. The van der Waals surface area contributed by atoms with E-state index in [1.165, 1.54) is 17.2 Å². The molecule has 2 N–H and O–H groups in total. The number of carbonyl (C=O) groups is 1. The van der Waals surface area contributed by atoms with Crippen molar-refractivity contribution in [2.24, 2.45) is 5.73 Å². The number of piperidine rings is 1. The first-order valence-corrected chi connectivity index (χ1v) is 6.90. The van der Waals surface area contributed by atoms with E-state index >= 15 is 0 Å². The Morgan fingerprint density at radius 3 is 2.52 bits per heavy atom. The fourth-order valence-corrected chi connectivity index (χ4v) is 2.49.